The molecule has 1 aliphatic carbocycles. The minimum atomic E-state index is -0.477. The first-order chi connectivity index (χ1) is 14.9. The topological polar surface area (TPSA) is 73.9 Å². The van der Waals surface area contributed by atoms with Crippen molar-refractivity contribution in [3.63, 3.8) is 0 Å². The van der Waals surface area contributed by atoms with Crippen LogP contribution in [-0.4, -0.2) is 32.7 Å². The van der Waals surface area contributed by atoms with Crippen molar-refractivity contribution in [2.75, 3.05) is 26.1 Å². The van der Waals surface area contributed by atoms with Gasteiger partial charge in [0.05, 0.1) is 32.7 Å². The average molecular weight is 421 g/mol. The summed E-state index contributed by atoms with van der Waals surface area (Å²) in [6, 6.07) is 13.1. The van der Waals surface area contributed by atoms with Gasteiger partial charge in [-0.25, -0.2) is 0 Å². The molecule has 1 heterocycles. The van der Waals surface area contributed by atoms with Gasteiger partial charge in [0, 0.05) is 11.6 Å². The summed E-state index contributed by atoms with van der Waals surface area (Å²) in [5, 5.41) is 2.92. The summed E-state index contributed by atoms with van der Waals surface area (Å²) in [6.45, 7) is 4.58. The predicted molar refractivity (Wildman–Crippen MR) is 117 cm³/mol. The van der Waals surface area contributed by atoms with E-state index >= 15 is 0 Å². The van der Waals surface area contributed by atoms with Crippen LogP contribution < -0.4 is 14.8 Å². The van der Waals surface area contributed by atoms with E-state index in [9.17, 15) is 9.59 Å². The number of anilines is 1. The van der Waals surface area contributed by atoms with Gasteiger partial charge in [-0.15, -0.1) is 0 Å². The maximum Gasteiger partial charge on any atom is 0.313 e. The van der Waals surface area contributed by atoms with E-state index in [2.05, 4.69) is 11.9 Å². The van der Waals surface area contributed by atoms with Crippen LogP contribution in [0.2, 0.25) is 0 Å². The lowest BCUT2D eigenvalue weighted by Gasteiger charge is -2.24. The van der Waals surface area contributed by atoms with Gasteiger partial charge in [-0.2, -0.15) is 0 Å². The zero-order chi connectivity index (χ0) is 22.0. The van der Waals surface area contributed by atoms with Crippen LogP contribution in [0.25, 0.3) is 0 Å². The number of rotatable bonds is 7. The zero-order valence-corrected chi connectivity index (χ0v) is 17.9. The number of allylic oxidation sites excluding steroid dienone is 1. The fourth-order valence-electron chi connectivity index (χ4n) is 4.71. The van der Waals surface area contributed by atoms with Crippen molar-refractivity contribution in [2.45, 2.75) is 25.7 Å². The van der Waals surface area contributed by atoms with E-state index in [4.69, 9.17) is 14.2 Å². The first kappa shape index (κ1) is 21.0. The number of fused-ring (bicyclic) bond motifs is 1. The molecular weight excluding hydrogens is 394 g/mol. The van der Waals surface area contributed by atoms with Crippen LogP contribution >= 0.6 is 0 Å². The number of methoxy groups -OCH3 is 2. The van der Waals surface area contributed by atoms with Gasteiger partial charge in [-0.05, 0) is 54.7 Å². The largest absolute Gasteiger partial charge is 0.493 e. The van der Waals surface area contributed by atoms with Crippen LogP contribution in [0.15, 0.2) is 54.6 Å². The van der Waals surface area contributed by atoms with Crippen molar-refractivity contribution in [3.05, 3.63) is 65.7 Å². The van der Waals surface area contributed by atoms with E-state index in [0.717, 1.165) is 23.1 Å². The Bertz CT molecular complexity index is 1010. The molecule has 162 valence electrons. The van der Waals surface area contributed by atoms with Crippen molar-refractivity contribution in [1.29, 1.82) is 0 Å². The minimum Gasteiger partial charge on any atom is -0.493 e. The molecule has 0 spiro atoms. The van der Waals surface area contributed by atoms with E-state index in [0.29, 0.717) is 36.6 Å². The molecule has 2 atom stereocenters. The molecule has 2 unspecified atom stereocenters. The molecule has 1 aliphatic heterocycles. The SMILES string of the molecule is C=C1CC2COC(=O)C2(Cc2ccc(NC(=O)Cc3ccc(OC)c(OC)c3)cc2)C1. The van der Waals surface area contributed by atoms with Crippen LogP contribution in [0.5, 0.6) is 11.5 Å². The Hall–Kier alpha value is -3.28. The highest BCUT2D eigenvalue weighted by Gasteiger charge is 2.55. The van der Waals surface area contributed by atoms with Gasteiger partial charge in [-0.1, -0.05) is 30.4 Å². The molecule has 1 saturated heterocycles. The number of carbonyl (C=O) groups excluding carboxylic acids is 2. The van der Waals surface area contributed by atoms with Gasteiger partial charge in [0.25, 0.3) is 0 Å². The third-order valence-electron chi connectivity index (χ3n) is 6.27. The highest BCUT2D eigenvalue weighted by atomic mass is 16.5. The molecular formula is C25H27NO5. The monoisotopic (exact) mass is 421 g/mol. The van der Waals surface area contributed by atoms with Gasteiger partial charge < -0.3 is 19.5 Å². The van der Waals surface area contributed by atoms with Crippen molar-refractivity contribution in [2.24, 2.45) is 11.3 Å². The van der Waals surface area contributed by atoms with Crippen molar-refractivity contribution >= 4 is 17.6 Å². The van der Waals surface area contributed by atoms with Gasteiger partial charge in [0.15, 0.2) is 11.5 Å². The van der Waals surface area contributed by atoms with E-state index < -0.39 is 5.41 Å². The molecule has 2 aromatic rings. The van der Waals surface area contributed by atoms with Gasteiger partial charge in [0.2, 0.25) is 5.91 Å². The highest BCUT2D eigenvalue weighted by molar-refractivity contribution is 5.92. The smallest absolute Gasteiger partial charge is 0.313 e. The van der Waals surface area contributed by atoms with Crippen LogP contribution in [-0.2, 0) is 27.2 Å². The summed E-state index contributed by atoms with van der Waals surface area (Å²) in [5.74, 6) is 1.21. The van der Waals surface area contributed by atoms with Gasteiger partial charge >= 0.3 is 5.97 Å². The maximum atomic E-state index is 12.5. The van der Waals surface area contributed by atoms with Crippen molar-refractivity contribution in [3.8, 4) is 11.5 Å². The molecule has 1 amide bonds. The standard InChI is InChI=1S/C25H27NO5/c1-16-10-19-15-31-24(28)25(19,13-16)14-17-4-7-20(8-5-17)26-23(27)12-18-6-9-21(29-2)22(11-18)30-3/h4-9,11,19H,1,10,12-15H2,2-3H3,(H,26,27). The summed E-state index contributed by atoms with van der Waals surface area (Å²) in [7, 11) is 3.14. The molecule has 1 N–H and O–H groups in total. The Balaban J connectivity index is 1.39. The molecule has 0 radical (unpaired) electrons. The predicted octanol–water partition coefficient (Wildman–Crippen LogP) is 3.94. The fourth-order valence-corrected chi connectivity index (χ4v) is 4.71. The van der Waals surface area contributed by atoms with Crippen LogP contribution in [0.1, 0.15) is 24.0 Å². The Morgan fingerprint density at radius 1 is 1.13 bits per heavy atom. The van der Waals surface area contributed by atoms with Crippen molar-refractivity contribution < 1.29 is 23.8 Å². The zero-order valence-electron chi connectivity index (χ0n) is 17.9. The van der Waals surface area contributed by atoms with Gasteiger partial charge in [0.1, 0.15) is 0 Å². The second-order valence-electron chi connectivity index (χ2n) is 8.37. The Kier molecular flexibility index (Phi) is 5.72. The summed E-state index contributed by atoms with van der Waals surface area (Å²) in [4.78, 5) is 24.9. The van der Waals surface area contributed by atoms with Crippen LogP contribution in [0, 0.1) is 11.3 Å². The molecule has 6 nitrogen and oxygen atoms in total. The summed E-state index contributed by atoms with van der Waals surface area (Å²) >= 11 is 0. The average Bonchev–Trinajstić information content (AvgIpc) is 3.23. The van der Waals surface area contributed by atoms with E-state index in [-0.39, 0.29) is 24.2 Å². The number of nitrogens with one attached hydrogen (secondary N) is 1. The molecule has 0 bridgehead atoms. The molecule has 31 heavy (non-hydrogen) atoms. The lowest BCUT2D eigenvalue weighted by atomic mass is 9.75. The highest BCUT2D eigenvalue weighted by Crippen LogP contribution is 2.52. The Labute approximate surface area is 182 Å². The number of benzene rings is 2. The third-order valence-corrected chi connectivity index (χ3v) is 6.27. The van der Waals surface area contributed by atoms with E-state index in [1.165, 1.54) is 0 Å². The number of hydrogen-bond acceptors (Lipinski definition) is 5. The normalized spacial score (nSPS) is 22.1. The van der Waals surface area contributed by atoms with Crippen molar-refractivity contribution in [1.82, 2.24) is 0 Å². The molecule has 2 fully saturated rings. The maximum absolute atomic E-state index is 12.5. The fraction of sp³-hybridized carbons (Fsp3) is 0.360. The summed E-state index contributed by atoms with van der Waals surface area (Å²) < 4.78 is 15.9. The molecule has 4 rings (SSSR count). The second kappa shape index (κ2) is 8.46. The van der Waals surface area contributed by atoms with E-state index in [1.807, 2.05) is 30.3 Å². The Morgan fingerprint density at radius 3 is 2.55 bits per heavy atom. The number of carbonyl (C=O) groups is 2. The molecule has 0 aromatic heterocycles. The third kappa shape index (κ3) is 4.15. The second-order valence-corrected chi connectivity index (χ2v) is 8.37. The molecule has 1 saturated carbocycles. The van der Waals surface area contributed by atoms with Crippen LogP contribution in [0.3, 0.4) is 0 Å². The molecule has 6 heteroatoms. The van der Waals surface area contributed by atoms with Gasteiger partial charge in [-0.3, -0.25) is 9.59 Å². The quantitative estimate of drug-likeness (QED) is 0.542. The lowest BCUT2D eigenvalue weighted by Crippen LogP contribution is -2.31. The molecule has 2 aliphatic rings. The number of amides is 1. The summed E-state index contributed by atoms with van der Waals surface area (Å²) in [6.07, 6.45) is 2.41. The number of hydrogen-bond donors (Lipinski definition) is 1. The van der Waals surface area contributed by atoms with Crippen LogP contribution in [0.4, 0.5) is 5.69 Å². The number of esters is 1. The summed E-state index contributed by atoms with van der Waals surface area (Å²) in [5.41, 5.74) is 3.25. The molecule has 2 aromatic carbocycles. The number of cyclic esters (lactones) is 1. The first-order valence-electron chi connectivity index (χ1n) is 10.4. The van der Waals surface area contributed by atoms with E-state index in [1.54, 1.807) is 26.4 Å². The first-order valence-corrected chi connectivity index (χ1v) is 10.4. The number of ether oxygens (including phenoxy) is 3. The Morgan fingerprint density at radius 2 is 1.84 bits per heavy atom. The minimum absolute atomic E-state index is 0.108. The lowest BCUT2D eigenvalue weighted by molar-refractivity contribution is -0.146.